The predicted octanol–water partition coefficient (Wildman–Crippen LogP) is 20.1. The number of hydrogen-bond donors (Lipinski definition) is 0. The molecule has 0 saturated heterocycles. The summed E-state index contributed by atoms with van der Waals surface area (Å²) in [5.74, 6) is 1.67. The number of anilines is 9. The Bertz CT molecular complexity index is 4410. The maximum Gasteiger partial charge on any atom is 0.159 e. The Hall–Kier alpha value is -10.4. The van der Waals surface area contributed by atoms with E-state index in [1.165, 1.54) is 33.4 Å². The summed E-state index contributed by atoms with van der Waals surface area (Å²) in [5, 5.41) is 2.14. The molecule has 13 aromatic rings. The second-order valence-corrected chi connectivity index (χ2v) is 20.4. The van der Waals surface area contributed by atoms with Crippen LogP contribution in [-0.4, -0.2) is 0 Å². The van der Waals surface area contributed by atoms with Crippen LogP contribution in [0.3, 0.4) is 0 Å². The highest BCUT2D eigenvalue weighted by molar-refractivity contribution is 6.10. The second kappa shape index (κ2) is 17.4. The van der Waals surface area contributed by atoms with Crippen LogP contribution in [-0.2, 0) is 5.41 Å². The van der Waals surface area contributed by atoms with Gasteiger partial charge in [0, 0.05) is 39.2 Å². The minimum Gasteiger partial charge on any atom is -0.454 e. The Balaban J connectivity index is 0.991. The first-order valence-corrected chi connectivity index (χ1v) is 26.6. The third-order valence-electron chi connectivity index (χ3n) is 16.2. The molecule has 0 bridgehead atoms. The molecule has 0 atom stereocenters. The number of fused-ring (bicyclic) bond motifs is 14. The summed E-state index contributed by atoms with van der Waals surface area (Å²) in [6.07, 6.45) is 0. The second-order valence-electron chi connectivity index (χ2n) is 20.4. The summed E-state index contributed by atoms with van der Waals surface area (Å²) < 4.78 is 13.8. The fourth-order valence-corrected chi connectivity index (χ4v) is 12.9. The molecule has 78 heavy (non-hydrogen) atoms. The van der Waals surface area contributed by atoms with E-state index in [4.69, 9.17) is 9.15 Å². The molecule has 1 aliphatic carbocycles. The quantitative estimate of drug-likeness (QED) is 0.151. The van der Waals surface area contributed by atoms with Gasteiger partial charge in [-0.15, -0.1) is 0 Å². The van der Waals surface area contributed by atoms with Crippen molar-refractivity contribution >= 4 is 73.1 Å². The monoisotopic (exact) mass is 997 g/mol. The average Bonchev–Trinajstić information content (AvgIpc) is 3.44. The highest BCUT2D eigenvalue weighted by Crippen LogP contribution is 2.67. The molecule has 5 heteroatoms. The van der Waals surface area contributed by atoms with Crippen molar-refractivity contribution in [3.8, 4) is 44.9 Å². The number of hydrogen-bond acceptors (Lipinski definition) is 5. The molecule has 16 rings (SSSR count). The van der Waals surface area contributed by atoms with Gasteiger partial charge in [0.05, 0.1) is 28.2 Å². The van der Waals surface area contributed by atoms with Crippen LogP contribution < -0.4 is 19.4 Å². The normalized spacial score (nSPS) is 13.1. The van der Waals surface area contributed by atoms with E-state index in [2.05, 4.69) is 294 Å². The maximum atomic E-state index is 6.93. The van der Waals surface area contributed by atoms with Gasteiger partial charge in [0.2, 0.25) is 0 Å². The molecule has 3 aliphatic rings. The van der Waals surface area contributed by atoms with Gasteiger partial charge in [-0.1, -0.05) is 188 Å². The van der Waals surface area contributed by atoms with Gasteiger partial charge >= 0.3 is 0 Å². The van der Waals surface area contributed by atoms with Crippen LogP contribution in [0.15, 0.2) is 290 Å². The molecule has 1 spiro atoms. The summed E-state index contributed by atoms with van der Waals surface area (Å²) in [4.78, 5) is 7.20. The first-order valence-electron chi connectivity index (χ1n) is 26.6. The van der Waals surface area contributed by atoms with Gasteiger partial charge in [-0.05, 0) is 153 Å². The van der Waals surface area contributed by atoms with Crippen molar-refractivity contribution in [3.05, 3.63) is 307 Å². The van der Waals surface area contributed by atoms with Crippen LogP contribution in [0.25, 0.3) is 55.3 Å². The summed E-state index contributed by atoms with van der Waals surface area (Å²) in [5.41, 5.74) is 22.0. The van der Waals surface area contributed by atoms with Gasteiger partial charge in [0.1, 0.15) is 5.58 Å². The lowest BCUT2D eigenvalue weighted by Crippen LogP contribution is -2.37. The van der Waals surface area contributed by atoms with Gasteiger partial charge in [-0.2, -0.15) is 0 Å². The smallest absolute Gasteiger partial charge is 0.159 e. The average molecular weight is 998 g/mol. The van der Waals surface area contributed by atoms with Gasteiger partial charge in [-0.25, -0.2) is 0 Å². The van der Waals surface area contributed by atoms with Gasteiger partial charge < -0.3 is 23.9 Å². The Labute approximate surface area is 452 Å². The SMILES string of the molecule is c1ccc(-c2ccc(N(c3cc(-c4ccc5c(c4)C4(c6ccccc6-c6ccccc64)c4cccc6c4N5c4ccccc4O6)cc(N(c4ccccc4)c4ccccc4)c3)c3cccc4c3oc3ccccc34)cc2)cc1. The fraction of sp³-hybridized carbons (Fsp3) is 0.0137. The van der Waals surface area contributed by atoms with E-state index in [1.807, 2.05) is 6.07 Å². The Morgan fingerprint density at radius 1 is 0.321 bits per heavy atom. The Morgan fingerprint density at radius 3 is 1.62 bits per heavy atom. The van der Waals surface area contributed by atoms with Crippen LogP contribution in [0.5, 0.6) is 11.5 Å². The minimum atomic E-state index is -0.681. The summed E-state index contributed by atoms with van der Waals surface area (Å²) in [6, 6.07) is 103. The molecule has 3 heterocycles. The van der Waals surface area contributed by atoms with Gasteiger partial charge in [0.15, 0.2) is 17.1 Å². The molecule has 0 fully saturated rings. The number of nitrogens with zero attached hydrogens (tertiary/aromatic N) is 3. The van der Waals surface area contributed by atoms with Crippen molar-refractivity contribution in [2.45, 2.75) is 5.41 Å². The van der Waals surface area contributed by atoms with Gasteiger partial charge in [-0.3, -0.25) is 0 Å². The van der Waals surface area contributed by atoms with Crippen molar-refractivity contribution < 1.29 is 9.15 Å². The van der Waals surface area contributed by atoms with Crippen LogP contribution in [0, 0.1) is 0 Å². The predicted molar refractivity (Wildman–Crippen MR) is 320 cm³/mol. The molecule has 12 aromatic carbocycles. The number of ether oxygens (including phenoxy) is 1. The minimum absolute atomic E-state index is 0.681. The van der Waals surface area contributed by atoms with E-state index in [0.29, 0.717) is 0 Å². The zero-order chi connectivity index (χ0) is 51.3. The van der Waals surface area contributed by atoms with Crippen molar-refractivity contribution in [1.29, 1.82) is 0 Å². The van der Waals surface area contributed by atoms with Crippen molar-refractivity contribution in [2.24, 2.45) is 0 Å². The topological polar surface area (TPSA) is 32.1 Å². The molecular formula is C73H47N3O2. The summed E-state index contributed by atoms with van der Waals surface area (Å²) in [6.45, 7) is 0. The lowest BCUT2D eigenvalue weighted by atomic mass is 9.64. The molecule has 1 aromatic heterocycles. The third kappa shape index (κ3) is 6.55. The number of benzene rings is 12. The number of furan rings is 1. The van der Waals surface area contributed by atoms with Crippen molar-refractivity contribution in [2.75, 3.05) is 14.7 Å². The van der Waals surface area contributed by atoms with E-state index in [9.17, 15) is 0 Å². The molecule has 0 saturated carbocycles. The molecule has 366 valence electrons. The van der Waals surface area contributed by atoms with E-state index < -0.39 is 5.41 Å². The van der Waals surface area contributed by atoms with Crippen LogP contribution >= 0.6 is 0 Å². The Morgan fingerprint density at radius 2 is 0.872 bits per heavy atom. The van der Waals surface area contributed by atoms with Crippen molar-refractivity contribution in [3.63, 3.8) is 0 Å². The standard InChI is InChI=1S/C73H47N3O2/c1-4-20-48(21-5-1)49-38-41-54(42-39-49)75(67-34-18-29-60-59-28-12-16-35-68(59)78-72(60)67)56-45-51(44-55(47-56)74(52-22-6-2-7-23-52)53-24-8-3-9-25-53)50-40-43-65-64(46-50)73(61-30-13-10-26-57(61)58-27-11-14-31-62(58)73)63-32-19-37-70-71(63)76(65)66-33-15-17-36-69(66)77-70/h1-47H. The molecule has 0 unspecified atom stereocenters. The molecule has 2 aliphatic heterocycles. The van der Waals surface area contributed by atoms with Crippen LogP contribution in [0.1, 0.15) is 22.3 Å². The molecular weight excluding hydrogens is 951 g/mol. The van der Waals surface area contributed by atoms with Crippen molar-refractivity contribution in [1.82, 2.24) is 0 Å². The summed E-state index contributed by atoms with van der Waals surface area (Å²) in [7, 11) is 0. The first kappa shape index (κ1) is 44.0. The molecule has 0 N–H and O–H groups in total. The molecule has 0 radical (unpaired) electrons. The van der Waals surface area contributed by atoms with E-state index in [-0.39, 0.29) is 0 Å². The maximum absolute atomic E-state index is 6.93. The number of para-hydroxylation sites is 7. The van der Waals surface area contributed by atoms with Crippen LogP contribution in [0.2, 0.25) is 0 Å². The fourth-order valence-electron chi connectivity index (χ4n) is 12.9. The highest BCUT2D eigenvalue weighted by Gasteiger charge is 2.53. The van der Waals surface area contributed by atoms with Gasteiger partial charge in [0.25, 0.3) is 0 Å². The first-order chi connectivity index (χ1) is 38.7. The number of rotatable bonds is 8. The Kier molecular flexibility index (Phi) is 9.78. The largest absolute Gasteiger partial charge is 0.454 e. The van der Waals surface area contributed by atoms with Crippen LogP contribution in [0.4, 0.5) is 51.2 Å². The summed E-state index contributed by atoms with van der Waals surface area (Å²) >= 11 is 0. The van der Waals surface area contributed by atoms with E-state index in [0.717, 1.165) is 107 Å². The zero-order valence-corrected chi connectivity index (χ0v) is 42.3. The highest BCUT2D eigenvalue weighted by atomic mass is 16.5. The van der Waals surface area contributed by atoms with E-state index >= 15 is 0 Å². The lowest BCUT2D eigenvalue weighted by molar-refractivity contribution is 0.473. The third-order valence-corrected chi connectivity index (χ3v) is 16.2. The lowest BCUT2D eigenvalue weighted by Gasteiger charge is -2.47. The zero-order valence-electron chi connectivity index (χ0n) is 42.3. The molecule has 0 amide bonds. The molecule has 5 nitrogen and oxygen atoms in total. The van der Waals surface area contributed by atoms with E-state index in [1.54, 1.807) is 0 Å².